The number of rotatable bonds is 5. The topological polar surface area (TPSA) is 38.0 Å². The summed E-state index contributed by atoms with van der Waals surface area (Å²) in [4.78, 5) is 0. The standard InChI is InChI=1S/C11H16F2N2/c1-15-6-2-3-11(14)9-5-4-8(12)7-10(9)13/h4-5,7,11,15H,2-3,6,14H2,1H3. The smallest absolute Gasteiger partial charge is 0.130 e. The molecule has 0 bridgehead atoms. The van der Waals surface area contributed by atoms with Crippen LogP contribution in [0.1, 0.15) is 24.4 Å². The van der Waals surface area contributed by atoms with Crippen molar-refractivity contribution in [2.24, 2.45) is 5.73 Å². The molecule has 0 saturated heterocycles. The van der Waals surface area contributed by atoms with Crippen molar-refractivity contribution in [1.29, 1.82) is 0 Å². The minimum Gasteiger partial charge on any atom is -0.324 e. The minimum atomic E-state index is -0.571. The highest BCUT2D eigenvalue weighted by molar-refractivity contribution is 5.21. The molecule has 0 fully saturated rings. The normalized spacial score (nSPS) is 12.8. The van der Waals surface area contributed by atoms with Gasteiger partial charge in [-0.15, -0.1) is 0 Å². The maximum absolute atomic E-state index is 13.3. The quantitative estimate of drug-likeness (QED) is 0.735. The lowest BCUT2D eigenvalue weighted by atomic mass is 10.0. The van der Waals surface area contributed by atoms with Gasteiger partial charge in [-0.25, -0.2) is 8.78 Å². The van der Waals surface area contributed by atoms with Crippen LogP contribution in [0, 0.1) is 11.6 Å². The molecule has 15 heavy (non-hydrogen) atoms. The number of hydrogen-bond acceptors (Lipinski definition) is 2. The molecule has 0 amide bonds. The van der Waals surface area contributed by atoms with Gasteiger partial charge in [0.05, 0.1) is 0 Å². The summed E-state index contributed by atoms with van der Waals surface area (Å²) in [6, 6.07) is 3.15. The molecule has 0 saturated carbocycles. The fraction of sp³-hybridized carbons (Fsp3) is 0.455. The number of benzene rings is 1. The SMILES string of the molecule is CNCCCC(N)c1ccc(F)cc1F. The van der Waals surface area contributed by atoms with Crippen molar-refractivity contribution in [3.05, 3.63) is 35.4 Å². The summed E-state index contributed by atoms with van der Waals surface area (Å²) in [6.45, 7) is 0.844. The Morgan fingerprint density at radius 2 is 2.13 bits per heavy atom. The zero-order valence-electron chi connectivity index (χ0n) is 8.76. The van der Waals surface area contributed by atoms with Crippen molar-refractivity contribution in [1.82, 2.24) is 5.32 Å². The lowest BCUT2D eigenvalue weighted by molar-refractivity contribution is 0.530. The van der Waals surface area contributed by atoms with Gasteiger partial charge >= 0.3 is 0 Å². The molecule has 1 aromatic rings. The predicted molar refractivity (Wildman–Crippen MR) is 56.4 cm³/mol. The van der Waals surface area contributed by atoms with Crippen LogP contribution < -0.4 is 11.1 Å². The van der Waals surface area contributed by atoms with E-state index in [2.05, 4.69) is 5.32 Å². The fourth-order valence-corrected chi connectivity index (χ4v) is 1.46. The van der Waals surface area contributed by atoms with Crippen molar-refractivity contribution in [3.8, 4) is 0 Å². The molecule has 0 aromatic heterocycles. The first-order valence-corrected chi connectivity index (χ1v) is 5.00. The van der Waals surface area contributed by atoms with E-state index in [4.69, 9.17) is 5.73 Å². The summed E-state index contributed by atoms with van der Waals surface area (Å²) in [5, 5.41) is 2.99. The Hall–Kier alpha value is -1.00. The van der Waals surface area contributed by atoms with Crippen LogP contribution in [0.4, 0.5) is 8.78 Å². The van der Waals surface area contributed by atoms with Crippen molar-refractivity contribution in [2.45, 2.75) is 18.9 Å². The second-order valence-electron chi connectivity index (χ2n) is 3.52. The maximum atomic E-state index is 13.3. The first-order valence-electron chi connectivity index (χ1n) is 5.00. The van der Waals surface area contributed by atoms with Gasteiger partial charge in [0, 0.05) is 17.7 Å². The van der Waals surface area contributed by atoms with E-state index < -0.39 is 11.6 Å². The number of nitrogens with one attached hydrogen (secondary N) is 1. The summed E-state index contributed by atoms with van der Waals surface area (Å²) in [5.41, 5.74) is 6.18. The molecule has 1 aromatic carbocycles. The lowest BCUT2D eigenvalue weighted by Crippen LogP contribution is -2.15. The largest absolute Gasteiger partial charge is 0.324 e. The molecule has 0 radical (unpaired) electrons. The van der Waals surface area contributed by atoms with Crippen LogP contribution in [0.25, 0.3) is 0 Å². The van der Waals surface area contributed by atoms with E-state index in [1.807, 2.05) is 7.05 Å². The number of hydrogen-bond donors (Lipinski definition) is 2. The first kappa shape index (κ1) is 12.1. The van der Waals surface area contributed by atoms with Gasteiger partial charge in [-0.2, -0.15) is 0 Å². The Labute approximate surface area is 88.5 Å². The molecule has 1 atom stereocenters. The number of halogens is 2. The number of nitrogens with two attached hydrogens (primary N) is 1. The molecule has 3 N–H and O–H groups in total. The average molecular weight is 214 g/mol. The van der Waals surface area contributed by atoms with E-state index in [1.54, 1.807) is 0 Å². The molecular weight excluding hydrogens is 198 g/mol. The minimum absolute atomic E-state index is 0.362. The van der Waals surface area contributed by atoms with E-state index in [9.17, 15) is 8.78 Å². The van der Waals surface area contributed by atoms with Crippen molar-refractivity contribution in [3.63, 3.8) is 0 Å². The van der Waals surface area contributed by atoms with E-state index >= 15 is 0 Å². The molecule has 1 unspecified atom stereocenters. The van der Waals surface area contributed by atoms with Crippen LogP contribution >= 0.6 is 0 Å². The third-order valence-corrected chi connectivity index (χ3v) is 2.30. The highest BCUT2D eigenvalue weighted by Gasteiger charge is 2.11. The monoisotopic (exact) mass is 214 g/mol. The highest BCUT2D eigenvalue weighted by atomic mass is 19.1. The highest BCUT2D eigenvalue weighted by Crippen LogP contribution is 2.19. The molecule has 0 aliphatic rings. The fourth-order valence-electron chi connectivity index (χ4n) is 1.46. The van der Waals surface area contributed by atoms with Gasteiger partial charge in [-0.1, -0.05) is 6.07 Å². The summed E-state index contributed by atoms with van der Waals surface area (Å²) >= 11 is 0. The first-order chi connectivity index (χ1) is 7.15. The third kappa shape index (κ3) is 3.57. The van der Waals surface area contributed by atoms with Crippen LogP contribution in [0.15, 0.2) is 18.2 Å². The zero-order chi connectivity index (χ0) is 11.3. The van der Waals surface area contributed by atoms with Crippen LogP contribution in [0.3, 0.4) is 0 Å². The second kappa shape index (κ2) is 5.78. The van der Waals surface area contributed by atoms with Gasteiger partial charge < -0.3 is 11.1 Å². The van der Waals surface area contributed by atoms with Crippen LogP contribution in [-0.2, 0) is 0 Å². The van der Waals surface area contributed by atoms with Gasteiger partial charge in [0.1, 0.15) is 11.6 Å². The van der Waals surface area contributed by atoms with Crippen LogP contribution in [0.2, 0.25) is 0 Å². The molecule has 0 aliphatic heterocycles. The summed E-state index contributed by atoms with van der Waals surface area (Å²) in [5.74, 6) is -1.13. The molecule has 1 rings (SSSR count). The van der Waals surface area contributed by atoms with E-state index in [0.29, 0.717) is 12.0 Å². The lowest BCUT2D eigenvalue weighted by Gasteiger charge is -2.12. The van der Waals surface area contributed by atoms with Crippen LogP contribution in [0.5, 0.6) is 0 Å². The van der Waals surface area contributed by atoms with Gasteiger partial charge in [0.25, 0.3) is 0 Å². The van der Waals surface area contributed by atoms with Crippen molar-refractivity contribution < 1.29 is 8.78 Å². The molecule has 84 valence electrons. The Morgan fingerprint density at radius 1 is 1.40 bits per heavy atom. The molecule has 0 spiro atoms. The van der Waals surface area contributed by atoms with E-state index in [0.717, 1.165) is 19.0 Å². The van der Waals surface area contributed by atoms with Crippen molar-refractivity contribution in [2.75, 3.05) is 13.6 Å². The van der Waals surface area contributed by atoms with Gasteiger partial charge in [0.15, 0.2) is 0 Å². The van der Waals surface area contributed by atoms with E-state index in [1.165, 1.54) is 12.1 Å². The summed E-state index contributed by atoms with van der Waals surface area (Å²) in [6.07, 6.45) is 1.55. The Bertz CT molecular complexity index is 315. The molecular formula is C11H16F2N2. The molecule has 0 aliphatic carbocycles. The third-order valence-electron chi connectivity index (χ3n) is 2.30. The van der Waals surface area contributed by atoms with E-state index in [-0.39, 0.29) is 6.04 Å². The van der Waals surface area contributed by atoms with Gasteiger partial charge in [-0.05, 0) is 32.5 Å². The molecule has 2 nitrogen and oxygen atoms in total. The summed E-state index contributed by atoms with van der Waals surface area (Å²) < 4.78 is 25.9. The average Bonchev–Trinajstić information content (AvgIpc) is 2.17. The molecule has 0 heterocycles. The molecule has 4 heteroatoms. The predicted octanol–water partition coefficient (Wildman–Crippen LogP) is 1.96. The Balaban J connectivity index is 2.61. The van der Waals surface area contributed by atoms with Gasteiger partial charge in [-0.3, -0.25) is 0 Å². The Morgan fingerprint density at radius 3 is 2.73 bits per heavy atom. The zero-order valence-corrected chi connectivity index (χ0v) is 8.76. The van der Waals surface area contributed by atoms with Crippen LogP contribution in [-0.4, -0.2) is 13.6 Å². The summed E-state index contributed by atoms with van der Waals surface area (Å²) in [7, 11) is 1.85. The second-order valence-corrected chi connectivity index (χ2v) is 3.52. The maximum Gasteiger partial charge on any atom is 0.130 e. The Kier molecular flexibility index (Phi) is 4.65. The van der Waals surface area contributed by atoms with Crippen molar-refractivity contribution >= 4 is 0 Å². The van der Waals surface area contributed by atoms with Gasteiger partial charge in [0.2, 0.25) is 0 Å².